The van der Waals surface area contributed by atoms with E-state index in [-0.39, 0.29) is 0 Å². The summed E-state index contributed by atoms with van der Waals surface area (Å²) >= 11 is 0. The van der Waals surface area contributed by atoms with E-state index in [0.717, 1.165) is 19.6 Å². The Kier molecular flexibility index (Phi) is 2.65. The fraction of sp³-hybridized carbons (Fsp3) is 0.500. The number of nitrogens with zero attached hydrogens (tertiary/aromatic N) is 2. The van der Waals surface area contributed by atoms with Crippen molar-refractivity contribution in [3.63, 3.8) is 0 Å². The van der Waals surface area contributed by atoms with Crippen LogP contribution >= 0.6 is 0 Å². The van der Waals surface area contributed by atoms with Crippen molar-refractivity contribution in [2.24, 2.45) is 0 Å². The number of nitrogens with two attached hydrogens (primary N) is 1. The highest BCUT2D eigenvalue weighted by Crippen LogP contribution is 2.14. The summed E-state index contributed by atoms with van der Waals surface area (Å²) in [4.78, 5) is 6.37. The normalized spacial score (nSPS) is 18.1. The first kappa shape index (κ1) is 9.43. The highest BCUT2D eigenvalue weighted by atomic mass is 16.5. The average molecular weight is 193 g/mol. The summed E-state index contributed by atoms with van der Waals surface area (Å²) in [5.74, 6) is 0.576. The first-order valence-electron chi connectivity index (χ1n) is 4.73. The maximum Gasteiger partial charge on any atom is 0.123 e. The zero-order valence-corrected chi connectivity index (χ0v) is 8.31. The SMILES string of the molecule is COC1CN(Cc2ccc(N)nc2)C1. The van der Waals surface area contributed by atoms with Crippen LogP contribution in [0.3, 0.4) is 0 Å². The van der Waals surface area contributed by atoms with E-state index in [1.165, 1.54) is 5.56 Å². The number of rotatable bonds is 3. The van der Waals surface area contributed by atoms with Crippen molar-refractivity contribution in [3.05, 3.63) is 23.9 Å². The molecule has 0 bridgehead atoms. The lowest BCUT2D eigenvalue weighted by molar-refractivity contribution is -0.0334. The average Bonchev–Trinajstić information content (AvgIpc) is 2.13. The van der Waals surface area contributed by atoms with Crippen LogP contribution in [0.15, 0.2) is 18.3 Å². The van der Waals surface area contributed by atoms with Crippen molar-refractivity contribution in [2.45, 2.75) is 12.6 Å². The van der Waals surface area contributed by atoms with Crippen LogP contribution in [-0.2, 0) is 11.3 Å². The highest BCUT2D eigenvalue weighted by molar-refractivity contribution is 5.29. The van der Waals surface area contributed by atoms with E-state index < -0.39 is 0 Å². The number of likely N-dealkylation sites (tertiary alicyclic amines) is 1. The van der Waals surface area contributed by atoms with Crippen LogP contribution in [-0.4, -0.2) is 36.2 Å². The molecule has 14 heavy (non-hydrogen) atoms. The van der Waals surface area contributed by atoms with Crippen molar-refractivity contribution in [1.29, 1.82) is 0 Å². The molecule has 0 unspecified atom stereocenters. The maximum atomic E-state index is 5.50. The van der Waals surface area contributed by atoms with E-state index in [1.807, 2.05) is 18.3 Å². The number of hydrogen-bond acceptors (Lipinski definition) is 4. The molecule has 1 aromatic heterocycles. The Morgan fingerprint density at radius 3 is 2.93 bits per heavy atom. The predicted octanol–water partition coefficient (Wildman–Crippen LogP) is 0.494. The van der Waals surface area contributed by atoms with Gasteiger partial charge in [-0.1, -0.05) is 6.07 Å². The van der Waals surface area contributed by atoms with Crippen LogP contribution in [0.1, 0.15) is 5.56 Å². The molecule has 0 aromatic carbocycles. The van der Waals surface area contributed by atoms with E-state index in [2.05, 4.69) is 9.88 Å². The summed E-state index contributed by atoms with van der Waals surface area (Å²) in [5, 5.41) is 0. The molecule has 0 radical (unpaired) electrons. The van der Waals surface area contributed by atoms with Gasteiger partial charge in [0, 0.05) is 32.9 Å². The molecule has 0 spiro atoms. The summed E-state index contributed by atoms with van der Waals surface area (Å²) in [6.45, 7) is 2.97. The number of hydrogen-bond donors (Lipinski definition) is 1. The van der Waals surface area contributed by atoms with E-state index in [1.54, 1.807) is 7.11 Å². The third-order valence-electron chi connectivity index (χ3n) is 2.51. The third-order valence-corrected chi connectivity index (χ3v) is 2.51. The number of aromatic nitrogens is 1. The lowest BCUT2D eigenvalue weighted by Gasteiger charge is -2.38. The molecule has 1 aliphatic heterocycles. The lowest BCUT2D eigenvalue weighted by atomic mass is 10.1. The quantitative estimate of drug-likeness (QED) is 0.759. The summed E-state index contributed by atoms with van der Waals surface area (Å²) in [6.07, 6.45) is 2.24. The molecule has 2 heterocycles. The number of ether oxygens (including phenoxy) is 1. The minimum atomic E-state index is 0.414. The molecule has 2 rings (SSSR count). The van der Waals surface area contributed by atoms with Crippen LogP contribution < -0.4 is 5.73 Å². The minimum absolute atomic E-state index is 0.414. The van der Waals surface area contributed by atoms with Gasteiger partial charge in [0.05, 0.1) is 6.10 Å². The van der Waals surface area contributed by atoms with Crippen LogP contribution in [0.4, 0.5) is 5.82 Å². The molecule has 4 heteroatoms. The molecule has 0 atom stereocenters. The molecule has 1 aromatic rings. The minimum Gasteiger partial charge on any atom is -0.384 e. The molecule has 1 fully saturated rings. The van der Waals surface area contributed by atoms with Gasteiger partial charge < -0.3 is 10.5 Å². The van der Waals surface area contributed by atoms with Crippen molar-refractivity contribution >= 4 is 5.82 Å². The third kappa shape index (κ3) is 2.02. The Hall–Kier alpha value is -1.13. The predicted molar refractivity (Wildman–Crippen MR) is 54.7 cm³/mol. The van der Waals surface area contributed by atoms with Gasteiger partial charge in [0.1, 0.15) is 5.82 Å². The zero-order chi connectivity index (χ0) is 9.97. The summed E-state index contributed by atoms with van der Waals surface area (Å²) in [7, 11) is 1.76. The van der Waals surface area contributed by atoms with Gasteiger partial charge in [-0.2, -0.15) is 0 Å². The molecule has 76 valence electrons. The Bertz CT molecular complexity index is 293. The van der Waals surface area contributed by atoms with Gasteiger partial charge in [-0.3, -0.25) is 4.90 Å². The monoisotopic (exact) mass is 193 g/mol. The Labute approximate surface area is 83.7 Å². The van der Waals surface area contributed by atoms with Crippen LogP contribution in [0.2, 0.25) is 0 Å². The summed E-state index contributed by atoms with van der Waals surface area (Å²) in [5.41, 5.74) is 6.71. The molecular weight excluding hydrogens is 178 g/mol. The smallest absolute Gasteiger partial charge is 0.123 e. The van der Waals surface area contributed by atoms with E-state index >= 15 is 0 Å². The first-order valence-corrected chi connectivity index (χ1v) is 4.73. The number of pyridine rings is 1. The van der Waals surface area contributed by atoms with Gasteiger partial charge in [0.25, 0.3) is 0 Å². The standard InChI is InChI=1S/C10H15N3O/c1-14-9-6-13(7-9)5-8-2-3-10(11)12-4-8/h2-4,9H,5-7H2,1H3,(H2,11,12). The molecular formula is C10H15N3O. The second-order valence-corrected chi connectivity index (χ2v) is 3.64. The van der Waals surface area contributed by atoms with Gasteiger partial charge in [-0.15, -0.1) is 0 Å². The topological polar surface area (TPSA) is 51.4 Å². The molecule has 4 nitrogen and oxygen atoms in total. The van der Waals surface area contributed by atoms with Crippen LogP contribution in [0.25, 0.3) is 0 Å². The van der Waals surface area contributed by atoms with Gasteiger partial charge in [0.15, 0.2) is 0 Å². The summed E-state index contributed by atoms with van der Waals surface area (Å²) in [6, 6.07) is 3.85. The maximum absolute atomic E-state index is 5.50. The van der Waals surface area contributed by atoms with Gasteiger partial charge >= 0.3 is 0 Å². The molecule has 0 amide bonds. The fourth-order valence-electron chi connectivity index (χ4n) is 1.59. The highest BCUT2D eigenvalue weighted by Gasteiger charge is 2.25. The fourth-order valence-corrected chi connectivity index (χ4v) is 1.59. The Morgan fingerprint density at radius 1 is 1.57 bits per heavy atom. The number of nitrogen functional groups attached to an aromatic ring is 1. The molecule has 2 N–H and O–H groups in total. The van der Waals surface area contributed by atoms with Crippen molar-refractivity contribution in [3.8, 4) is 0 Å². The Morgan fingerprint density at radius 2 is 2.36 bits per heavy atom. The van der Waals surface area contributed by atoms with E-state index in [9.17, 15) is 0 Å². The van der Waals surface area contributed by atoms with Gasteiger partial charge in [-0.25, -0.2) is 4.98 Å². The number of methoxy groups -OCH3 is 1. The lowest BCUT2D eigenvalue weighted by Crippen LogP contribution is -2.50. The summed E-state index contributed by atoms with van der Waals surface area (Å²) < 4.78 is 5.20. The molecule has 1 aliphatic rings. The van der Waals surface area contributed by atoms with Crippen molar-refractivity contribution in [1.82, 2.24) is 9.88 Å². The van der Waals surface area contributed by atoms with Gasteiger partial charge in [-0.05, 0) is 11.6 Å². The van der Waals surface area contributed by atoms with E-state index in [0.29, 0.717) is 11.9 Å². The van der Waals surface area contributed by atoms with Gasteiger partial charge in [0.2, 0.25) is 0 Å². The second kappa shape index (κ2) is 3.94. The Balaban J connectivity index is 1.84. The van der Waals surface area contributed by atoms with Crippen LogP contribution in [0.5, 0.6) is 0 Å². The van der Waals surface area contributed by atoms with E-state index in [4.69, 9.17) is 10.5 Å². The first-order chi connectivity index (χ1) is 6.78. The second-order valence-electron chi connectivity index (χ2n) is 3.64. The molecule has 0 aliphatic carbocycles. The molecule has 1 saturated heterocycles. The van der Waals surface area contributed by atoms with Crippen molar-refractivity contribution < 1.29 is 4.74 Å². The largest absolute Gasteiger partial charge is 0.384 e. The number of anilines is 1. The van der Waals surface area contributed by atoms with Crippen LogP contribution in [0, 0.1) is 0 Å². The van der Waals surface area contributed by atoms with Crippen molar-refractivity contribution in [2.75, 3.05) is 25.9 Å². The molecule has 0 saturated carbocycles. The zero-order valence-electron chi connectivity index (χ0n) is 8.31.